The lowest BCUT2D eigenvalue weighted by atomic mass is 10.0. The number of hydrogen-bond acceptors (Lipinski definition) is 3. The van der Waals surface area contributed by atoms with E-state index in [2.05, 4.69) is 53.8 Å². The number of rotatable bonds is 5. The fraction of sp³-hybridized carbons (Fsp3) is 0.471. The molecule has 3 rings (SSSR count). The highest BCUT2D eigenvalue weighted by molar-refractivity contribution is 5.39. The van der Waals surface area contributed by atoms with Gasteiger partial charge in [-0.05, 0) is 13.0 Å². The molecule has 1 aromatic carbocycles. The fourth-order valence-corrected chi connectivity index (χ4v) is 2.82. The molecule has 0 aliphatic carbocycles. The van der Waals surface area contributed by atoms with Crippen LogP contribution in [0.25, 0.3) is 0 Å². The number of aryl methyl sites for hydroxylation is 1. The van der Waals surface area contributed by atoms with Crippen LogP contribution in [-0.4, -0.2) is 22.2 Å². The summed E-state index contributed by atoms with van der Waals surface area (Å²) in [6.07, 6.45) is 1.98. The fourth-order valence-electron chi connectivity index (χ4n) is 2.82. The molecule has 112 valence electrons. The second kappa shape index (κ2) is 5.90. The summed E-state index contributed by atoms with van der Waals surface area (Å²) in [7, 11) is 0. The van der Waals surface area contributed by atoms with Gasteiger partial charge in [-0.2, -0.15) is 0 Å². The first kappa shape index (κ1) is 14.1. The van der Waals surface area contributed by atoms with E-state index in [1.165, 1.54) is 11.3 Å². The van der Waals surface area contributed by atoms with Gasteiger partial charge < -0.3 is 14.6 Å². The zero-order valence-electron chi connectivity index (χ0n) is 13.0. The maximum absolute atomic E-state index is 5.79. The van der Waals surface area contributed by atoms with Crippen molar-refractivity contribution in [3.8, 4) is 5.75 Å². The lowest BCUT2D eigenvalue weighted by Gasteiger charge is -2.16. The molecule has 0 bridgehead atoms. The van der Waals surface area contributed by atoms with Gasteiger partial charge in [-0.25, -0.2) is 4.98 Å². The summed E-state index contributed by atoms with van der Waals surface area (Å²) in [5.41, 5.74) is 2.55. The molecule has 1 aliphatic heterocycles. The summed E-state index contributed by atoms with van der Waals surface area (Å²) >= 11 is 0. The smallest absolute Gasteiger partial charge is 0.122 e. The minimum Gasteiger partial charge on any atom is -0.493 e. The maximum atomic E-state index is 5.79. The third-order valence-electron chi connectivity index (χ3n) is 4.03. The Balaban J connectivity index is 1.78. The summed E-state index contributed by atoms with van der Waals surface area (Å²) in [6, 6.07) is 8.82. The molecule has 0 saturated heterocycles. The molecule has 1 atom stereocenters. The van der Waals surface area contributed by atoms with Crippen molar-refractivity contribution < 1.29 is 4.74 Å². The molecule has 1 aromatic heterocycles. The molecule has 2 heterocycles. The molecule has 4 nitrogen and oxygen atoms in total. The van der Waals surface area contributed by atoms with Gasteiger partial charge in [0.25, 0.3) is 0 Å². The Morgan fingerprint density at radius 3 is 3.00 bits per heavy atom. The standard InChI is InChI=1S/C17H23N3O/c1-12(2)18-8-15-9-19-13(3)20(15)10-14-11-21-17-7-5-4-6-16(14)17/h4-7,9,12,14,18H,8,10-11H2,1-3H3. The number of para-hydroxylation sites is 1. The highest BCUT2D eigenvalue weighted by Gasteiger charge is 2.25. The average Bonchev–Trinajstić information content (AvgIpc) is 3.03. The van der Waals surface area contributed by atoms with Gasteiger partial charge in [0.05, 0.1) is 12.3 Å². The minimum atomic E-state index is 0.409. The number of imidazole rings is 1. The van der Waals surface area contributed by atoms with E-state index in [9.17, 15) is 0 Å². The van der Waals surface area contributed by atoms with Crippen molar-refractivity contribution in [2.75, 3.05) is 6.61 Å². The van der Waals surface area contributed by atoms with Crippen LogP contribution < -0.4 is 10.1 Å². The van der Waals surface area contributed by atoms with Crippen molar-refractivity contribution in [3.63, 3.8) is 0 Å². The molecule has 0 amide bonds. The van der Waals surface area contributed by atoms with E-state index in [0.29, 0.717) is 12.0 Å². The molecule has 1 N–H and O–H groups in total. The second-order valence-electron chi connectivity index (χ2n) is 5.99. The Morgan fingerprint density at radius 2 is 2.19 bits per heavy atom. The largest absolute Gasteiger partial charge is 0.493 e. The van der Waals surface area contributed by atoms with E-state index in [4.69, 9.17) is 4.74 Å². The Kier molecular flexibility index (Phi) is 3.97. The van der Waals surface area contributed by atoms with Crippen LogP contribution in [0.1, 0.15) is 36.8 Å². The molecule has 4 heteroatoms. The first-order valence-electron chi connectivity index (χ1n) is 7.61. The van der Waals surface area contributed by atoms with Gasteiger partial charge >= 0.3 is 0 Å². The molecule has 0 radical (unpaired) electrons. The normalized spacial score (nSPS) is 17.0. The van der Waals surface area contributed by atoms with Crippen LogP contribution in [0.3, 0.4) is 0 Å². The van der Waals surface area contributed by atoms with Gasteiger partial charge in [0.15, 0.2) is 0 Å². The highest BCUT2D eigenvalue weighted by Crippen LogP contribution is 2.34. The first-order chi connectivity index (χ1) is 10.1. The average molecular weight is 285 g/mol. The number of fused-ring (bicyclic) bond motifs is 1. The number of ether oxygens (including phenoxy) is 1. The molecule has 0 spiro atoms. The van der Waals surface area contributed by atoms with Crippen LogP contribution in [0.5, 0.6) is 5.75 Å². The van der Waals surface area contributed by atoms with Crippen molar-refractivity contribution in [2.45, 2.75) is 45.8 Å². The number of nitrogens with one attached hydrogen (secondary N) is 1. The monoisotopic (exact) mass is 285 g/mol. The van der Waals surface area contributed by atoms with Crippen LogP contribution in [0.15, 0.2) is 30.5 Å². The Labute approximate surface area is 126 Å². The van der Waals surface area contributed by atoms with Gasteiger partial charge in [-0.15, -0.1) is 0 Å². The van der Waals surface area contributed by atoms with Crippen LogP contribution in [0.2, 0.25) is 0 Å². The molecular weight excluding hydrogens is 262 g/mol. The van der Waals surface area contributed by atoms with E-state index in [1.54, 1.807) is 0 Å². The van der Waals surface area contributed by atoms with E-state index in [1.807, 2.05) is 12.3 Å². The van der Waals surface area contributed by atoms with Gasteiger partial charge in [-0.1, -0.05) is 32.0 Å². The molecule has 21 heavy (non-hydrogen) atoms. The first-order valence-corrected chi connectivity index (χ1v) is 7.61. The van der Waals surface area contributed by atoms with Crippen LogP contribution in [-0.2, 0) is 13.1 Å². The number of benzene rings is 1. The van der Waals surface area contributed by atoms with E-state index < -0.39 is 0 Å². The topological polar surface area (TPSA) is 39.1 Å². The van der Waals surface area contributed by atoms with Crippen LogP contribution in [0.4, 0.5) is 0 Å². The summed E-state index contributed by atoms with van der Waals surface area (Å²) in [5, 5.41) is 3.47. The SMILES string of the molecule is Cc1ncc(CNC(C)C)n1CC1COc2ccccc21. The summed E-state index contributed by atoms with van der Waals surface area (Å²) in [6.45, 7) is 8.93. The number of nitrogens with zero attached hydrogens (tertiary/aromatic N) is 2. The second-order valence-corrected chi connectivity index (χ2v) is 5.99. The predicted molar refractivity (Wildman–Crippen MR) is 83.6 cm³/mol. The zero-order chi connectivity index (χ0) is 14.8. The summed E-state index contributed by atoms with van der Waals surface area (Å²) in [5.74, 6) is 2.51. The molecule has 1 aliphatic rings. The third-order valence-corrected chi connectivity index (χ3v) is 4.03. The van der Waals surface area contributed by atoms with E-state index >= 15 is 0 Å². The number of hydrogen-bond donors (Lipinski definition) is 1. The molecule has 1 unspecified atom stereocenters. The summed E-state index contributed by atoms with van der Waals surface area (Å²) in [4.78, 5) is 4.47. The van der Waals surface area contributed by atoms with Crippen molar-refractivity contribution >= 4 is 0 Å². The maximum Gasteiger partial charge on any atom is 0.122 e. The zero-order valence-corrected chi connectivity index (χ0v) is 13.0. The minimum absolute atomic E-state index is 0.409. The van der Waals surface area contributed by atoms with Gasteiger partial charge in [0.2, 0.25) is 0 Å². The van der Waals surface area contributed by atoms with Crippen molar-refractivity contribution in [1.29, 1.82) is 0 Å². The molecular formula is C17H23N3O. The Hall–Kier alpha value is -1.81. The molecule has 0 fully saturated rings. The molecule has 0 saturated carbocycles. The highest BCUT2D eigenvalue weighted by atomic mass is 16.5. The lowest BCUT2D eigenvalue weighted by molar-refractivity contribution is 0.317. The van der Waals surface area contributed by atoms with Crippen molar-refractivity contribution in [2.24, 2.45) is 0 Å². The summed E-state index contributed by atoms with van der Waals surface area (Å²) < 4.78 is 8.10. The van der Waals surface area contributed by atoms with Gasteiger partial charge in [-0.3, -0.25) is 0 Å². The van der Waals surface area contributed by atoms with Gasteiger partial charge in [0, 0.05) is 36.8 Å². The van der Waals surface area contributed by atoms with Crippen LogP contribution >= 0.6 is 0 Å². The Morgan fingerprint density at radius 1 is 1.38 bits per heavy atom. The lowest BCUT2D eigenvalue weighted by Crippen LogP contribution is -2.24. The van der Waals surface area contributed by atoms with Crippen LogP contribution in [0, 0.1) is 6.92 Å². The van der Waals surface area contributed by atoms with E-state index in [-0.39, 0.29) is 0 Å². The van der Waals surface area contributed by atoms with Crippen molar-refractivity contribution in [1.82, 2.24) is 14.9 Å². The van der Waals surface area contributed by atoms with Crippen molar-refractivity contribution in [3.05, 3.63) is 47.5 Å². The Bertz CT molecular complexity index is 618. The predicted octanol–water partition coefficient (Wildman–Crippen LogP) is 2.87. The third kappa shape index (κ3) is 2.95. The quantitative estimate of drug-likeness (QED) is 0.918. The van der Waals surface area contributed by atoms with Gasteiger partial charge in [0.1, 0.15) is 11.6 Å². The molecule has 2 aromatic rings. The number of aromatic nitrogens is 2. The van der Waals surface area contributed by atoms with E-state index in [0.717, 1.165) is 31.3 Å².